The van der Waals surface area contributed by atoms with E-state index in [2.05, 4.69) is 5.32 Å². The van der Waals surface area contributed by atoms with Crippen LogP contribution in [0.25, 0.3) is 0 Å². The van der Waals surface area contributed by atoms with Gasteiger partial charge in [-0.1, -0.05) is 6.92 Å². The summed E-state index contributed by atoms with van der Waals surface area (Å²) in [6, 6.07) is 0.642. The van der Waals surface area contributed by atoms with Crippen molar-refractivity contribution in [1.82, 2.24) is 15.1 Å². The zero-order valence-corrected chi connectivity index (χ0v) is 13.6. The fraction of sp³-hybridized carbons (Fsp3) is 0.867. The highest BCUT2D eigenvalue weighted by molar-refractivity contribution is 5.75. The van der Waals surface area contributed by atoms with E-state index < -0.39 is 5.97 Å². The maximum absolute atomic E-state index is 12.2. The first kappa shape index (κ1) is 17.0. The zero-order valence-electron chi connectivity index (χ0n) is 13.6. The molecule has 2 N–H and O–H groups in total. The van der Waals surface area contributed by atoms with Crippen molar-refractivity contribution in [2.24, 2.45) is 0 Å². The number of hydrogen-bond acceptors (Lipinski definition) is 4. The summed E-state index contributed by atoms with van der Waals surface area (Å²) >= 11 is 0. The summed E-state index contributed by atoms with van der Waals surface area (Å²) in [4.78, 5) is 26.7. The van der Waals surface area contributed by atoms with Crippen LogP contribution in [0.3, 0.4) is 0 Å². The number of carbonyl (C=O) groups is 2. The van der Waals surface area contributed by atoms with Gasteiger partial charge in [-0.05, 0) is 32.2 Å². The summed E-state index contributed by atoms with van der Waals surface area (Å²) in [5, 5.41) is 11.9. The topological polar surface area (TPSA) is 82.1 Å². The third-order valence-corrected chi connectivity index (χ3v) is 4.97. The molecule has 0 radical (unpaired) electrons. The van der Waals surface area contributed by atoms with E-state index in [9.17, 15) is 9.59 Å². The summed E-state index contributed by atoms with van der Waals surface area (Å²) in [6.07, 6.45) is 3.73. The lowest BCUT2D eigenvalue weighted by atomic mass is 9.85. The third-order valence-electron chi connectivity index (χ3n) is 4.97. The molecule has 0 spiro atoms. The number of urea groups is 1. The second-order valence-electron chi connectivity index (χ2n) is 6.32. The monoisotopic (exact) mass is 313 g/mol. The van der Waals surface area contributed by atoms with Gasteiger partial charge in [0.25, 0.3) is 0 Å². The lowest BCUT2D eigenvalue weighted by Gasteiger charge is -2.44. The van der Waals surface area contributed by atoms with E-state index in [4.69, 9.17) is 9.84 Å². The Morgan fingerprint density at radius 2 is 1.86 bits per heavy atom. The molecule has 2 aliphatic carbocycles. The number of nitrogens with one attached hydrogen (secondary N) is 1. The van der Waals surface area contributed by atoms with Crippen LogP contribution in [-0.4, -0.2) is 78.4 Å². The van der Waals surface area contributed by atoms with Gasteiger partial charge in [0.15, 0.2) is 0 Å². The molecule has 0 unspecified atom stereocenters. The van der Waals surface area contributed by atoms with Crippen molar-refractivity contribution >= 4 is 12.0 Å². The first-order valence-electron chi connectivity index (χ1n) is 7.96. The molecule has 0 aliphatic heterocycles. The zero-order chi connectivity index (χ0) is 16.3. The Balaban J connectivity index is 1.68. The normalized spacial score (nSPS) is 30.4. The van der Waals surface area contributed by atoms with Crippen LogP contribution in [0.1, 0.15) is 32.6 Å². The number of aliphatic carboxylic acids is 1. The number of nitrogens with zero attached hydrogens (tertiary/aromatic N) is 2. The van der Waals surface area contributed by atoms with Gasteiger partial charge >= 0.3 is 12.0 Å². The van der Waals surface area contributed by atoms with Crippen LogP contribution in [-0.2, 0) is 9.53 Å². The van der Waals surface area contributed by atoms with Crippen LogP contribution >= 0.6 is 0 Å². The van der Waals surface area contributed by atoms with Gasteiger partial charge in [-0.2, -0.15) is 0 Å². The van der Waals surface area contributed by atoms with Gasteiger partial charge in [0.1, 0.15) is 0 Å². The van der Waals surface area contributed by atoms with Gasteiger partial charge in [0.2, 0.25) is 0 Å². The second-order valence-corrected chi connectivity index (χ2v) is 6.32. The summed E-state index contributed by atoms with van der Waals surface area (Å²) in [5.41, 5.74) is 0. The predicted octanol–water partition coefficient (Wildman–Crippen LogP) is 0.743. The van der Waals surface area contributed by atoms with Gasteiger partial charge in [0.05, 0.1) is 12.6 Å². The molecule has 0 aromatic carbocycles. The molecule has 2 amide bonds. The Morgan fingerprint density at radius 1 is 1.23 bits per heavy atom. The first-order valence-corrected chi connectivity index (χ1v) is 7.96. The van der Waals surface area contributed by atoms with Crippen molar-refractivity contribution in [3.05, 3.63) is 0 Å². The smallest absolute Gasteiger partial charge is 0.317 e. The Kier molecular flexibility index (Phi) is 5.63. The maximum Gasteiger partial charge on any atom is 0.317 e. The Bertz CT molecular complexity index is 406. The average Bonchev–Trinajstić information content (AvgIpc) is 2.38. The summed E-state index contributed by atoms with van der Waals surface area (Å²) in [5.74, 6) is -0.799. The average molecular weight is 313 g/mol. The highest BCUT2D eigenvalue weighted by Crippen LogP contribution is 2.28. The highest BCUT2D eigenvalue weighted by atomic mass is 16.5. The van der Waals surface area contributed by atoms with Crippen LogP contribution in [0.15, 0.2) is 0 Å². The molecule has 0 atom stereocenters. The Hall–Kier alpha value is -1.34. The molecule has 0 aromatic rings. The molecule has 126 valence electrons. The van der Waals surface area contributed by atoms with Gasteiger partial charge in [0, 0.05) is 32.3 Å². The van der Waals surface area contributed by atoms with Crippen molar-refractivity contribution in [3.63, 3.8) is 0 Å². The van der Waals surface area contributed by atoms with Crippen molar-refractivity contribution in [2.75, 3.05) is 27.2 Å². The Morgan fingerprint density at radius 3 is 2.36 bits per heavy atom. The molecule has 0 saturated heterocycles. The molecule has 0 bridgehead atoms. The summed E-state index contributed by atoms with van der Waals surface area (Å²) < 4.78 is 5.23. The van der Waals surface area contributed by atoms with E-state index in [1.165, 1.54) is 0 Å². The van der Waals surface area contributed by atoms with Crippen molar-refractivity contribution < 1.29 is 19.4 Å². The van der Waals surface area contributed by atoms with E-state index >= 15 is 0 Å². The number of likely N-dealkylation sites (N-methyl/N-ethyl adjacent to an activating group) is 1. The predicted molar refractivity (Wildman–Crippen MR) is 81.8 cm³/mol. The summed E-state index contributed by atoms with van der Waals surface area (Å²) in [6.45, 7) is 2.76. The van der Waals surface area contributed by atoms with E-state index in [-0.39, 0.29) is 36.8 Å². The highest BCUT2D eigenvalue weighted by Gasteiger charge is 2.38. The number of methoxy groups -OCH3 is 1. The van der Waals surface area contributed by atoms with Crippen molar-refractivity contribution in [3.8, 4) is 0 Å². The van der Waals surface area contributed by atoms with Gasteiger partial charge in [-0.3, -0.25) is 9.69 Å². The third kappa shape index (κ3) is 3.89. The quantitative estimate of drug-likeness (QED) is 0.724. The summed E-state index contributed by atoms with van der Waals surface area (Å²) in [7, 11) is 3.52. The van der Waals surface area contributed by atoms with Gasteiger partial charge in [-0.15, -0.1) is 0 Å². The van der Waals surface area contributed by atoms with Gasteiger partial charge < -0.3 is 20.1 Å². The number of carbonyl (C=O) groups excluding carboxylic acids is 1. The maximum atomic E-state index is 12.2. The van der Waals surface area contributed by atoms with Crippen LogP contribution in [0.4, 0.5) is 4.79 Å². The van der Waals surface area contributed by atoms with Crippen molar-refractivity contribution in [1.29, 1.82) is 0 Å². The number of rotatable bonds is 7. The second kappa shape index (κ2) is 7.28. The van der Waals surface area contributed by atoms with E-state index in [1.54, 1.807) is 12.0 Å². The number of carboxylic acids is 1. The van der Waals surface area contributed by atoms with E-state index in [1.807, 2.05) is 18.9 Å². The molecule has 22 heavy (non-hydrogen) atoms. The number of ether oxygens (including phenoxy) is 1. The fourth-order valence-electron chi connectivity index (χ4n) is 3.17. The number of amides is 2. The van der Waals surface area contributed by atoms with Crippen LogP contribution in [0.2, 0.25) is 0 Å². The molecule has 7 nitrogen and oxygen atoms in total. The Labute approximate surface area is 131 Å². The molecule has 2 rings (SSSR count). The molecule has 2 aliphatic rings. The van der Waals surface area contributed by atoms with Crippen molar-refractivity contribution in [2.45, 2.75) is 56.8 Å². The van der Waals surface area contributed by atoms with E-state index in [0.717, 1.165) is 32.2 Å². The lowest BCUT2D eigenvalue weighted by Crippen LogP contribution is -2.58. The first-order chi connectivity index (χ1) is 10.4. The molecule has 2 saturated carbocycles. The van der Waals surface area contributed by atoms with Gasteiger partial charge in [-0.25, -0.2) is 4.79 Å². The minimum absolute atomic E-state index is 0.0377. The molecule has 7 heteroatoms. The largest absolute Gasteiger partial charge is 0.480 e. The number of carboxylic acid groups (broad SMARTS) is 1. The van der Waals surface area contributed by atoms with Crippen LogP contribution in [0.5, 0.6) is 0 Å². The molecular weight excluding hydrogens is 286 g/mol. The standard InChI is InChI=1S/C15H27N3O4/c1-4-18(9-14(19)20)12-5-10(6-12)16-15(21)17(2)11-7-13(8-11)22-3/h10-13H,4-9H2,1-3H3,(H,16,21)(H,19,20). The lowest BCUT2D eigenvalue weighted by molar-refractivity contribution is -0.139. The number of hydrogen-bond donors (Lipinski definition) is 2. The molecule has 0 aromatic heterocycles. The molecular formula is C15H27N3O4. The minimum Gasteiger partial charge on any atom is -0.480 e. The van der Waals surface area contributed by atoms with Crippen LogP contribution < -0.4 is 5.32 Å². The van der Waals surface area contributed by atoms with E-state index in [0.29, 0.717) is 0 Å². The minimum atomic E-state index is -0.799. The molecule has 2 fully saturated rings. The SMILES string of the molecule is CCN(CC(=O)O)C1CC(NC(=O)N(C)C2CC(OC)C2)C1. The fourth-order valence-corrected chi connectivity index (χ4v) is 3.17. The molecule has 0 heterocycles. The van der Waals surface area contributed by atoms with Crippen LogP contribution in [0, 0.1) is 0 Å².